The van der Waals surface area contributed by atoms with Crippen LogP contribution in [0.1, 0.15) is 66.2 Å². The largest absolute Gasteiger partial charge is 0.324 e. The molecular formula is C16H34N2. The Kier molecular flexibility index (Phi) is 6.65. The van der Waals surface area contributed by atoms with E-state index < -0.39 is 0 Å². The molecule has 2 atom stereocenters. The first-order valence-corrected chi connectivity index (χ1v) is 8.04. The molecule has 1 saturated carbocycles. The molecule has 0 amide bonds. The van der Waals surface area contributed by atoms with Crippen molar-refractivity contribution in [3.8, 4) is 0 Å². The van der Waals surface area contributed by atoms with Crippen molar-refractivity contribution in [2.75, 3.05) is 19.6 Å². The van der Waals surface area contributed by atoms with Crippen LogP contribution in [0.4, 0.5) is 0 Å². The average Bonchev–Trinajstić information content (AvgIpc) is 2.33. The van der Waals surface area contributed by atoms with Gasteiger partial charge in [-0.2, -0.15) is 0 Å². The molecule has 0 aliphatic heterocycles. The molecule has 1 aliphatic rings. The van der Waals surface area contributed by atoms with Gasteiger partial charge in [-0.25, -0.2) is 0 Å². The van der Waals surface area contributed by atoms with Gasteiger partial charge in [0.2, 0.25) is 0 Å². The predicted molar refractivity (Wildman–Crippen MR) is 80.7 cm³/mol. The van der Waals surface area contributed by atoms with Crippen molar-refractivity contribution >= 4 is 0 Å². The summed E-state index contributed by atoms with van der Waals surface area (Å²) in [5.74, 6) is 1.66. The number of likely N-dealkylation sites (N-methyl/N-ethyl adjacent to an activating group) is 1. The highest BCUT2D eigenvalue weighted by molar-refractivity contribution is 4.92. The monoisotopic (exact) mass is 254 g/mol. The highest BCUT2D eigenvalue weighted by Crippen LogP contribution is 2.31. The Hall–Kier alpha value is -0.0800. The summed E-state index contributed by atoms with van der Waals surface area (Å²) in [5, 5.41) is 0. The SMILES string of the molecule is CCC(CC)CN(CC)CC1(N)CCCC(C)C1. The van der Waals surface area contributed by atoms with Gasteiger partial charge in [-0.1, -0.05) is 53.4 Å². The standard InChI is InChI=1S/C16H34N2/c1-5-15(6-2)12-18(7-3)13-16(17)10-8-9-14(4)11-16/h14-15H,5-13,17H2,1-4H3. The second-order valence-electron chi connectivity index (χ2n) is 6.57. The zero-order chi connectivity index (χ0) is 13.6. The molecule has 108 valence electrons. The van der Waals surface area contributed by atoms with Gasteiger partial charge in [0, 0.05) is 18.6 Å². The fourth-order valence-corrected chi connectivity index (χ4v) is 3.51. The second kappa shape index (κ2) is 7.49. The van der Waals surface area contributed by atoms with Gasteiger partial charge < -0.3 is 10.6 Å². The van der Waals surface area contributed by atoms with Gasteiger partial charge in [0.25, 0.3) is 0 Å². The lowest BCUT2D eigenvalue weighted by Crippen LogP contribution is -2.53. The lowest BCUT2D eigenvalue weighted by Gasteiger charge is -2.41. The zero-order valence-electron chi connectivity index (χ0n) is 13.0. The van der Waals surface area contributed by atoms with E-state index in [0.29, 0.717) is 0 Å². The number of nitrogens with zero attached hydrogens (tertiary/aromatic N) is 1. The molecule has 0 bridgehead atoms. The van der Waals surface area contributed by atoms with E-state index in [4.69, 9.17) is 5.73 Å². The molecular weight excluding hydrogens is 220 g/mol. The van der Waals surface area contributed by atoms with E-state index in [1.807, 2.05) is 0 Å². The van der Waals surface area contributed by atoms with E-state index >= 15 is 0 Å². The highest BCUT2D eigenvalue weighted by atomic mass is 15.1. The summed E-state index contributed by atoms with van der Waals surface area (Å²) in [6.45, 7) is 12.7. The van der Waals surface area contributed by atoms with Gasteiger partial charge in [-0.05, 0) is 31.2 Å². The molecule has 1 aliphatic carbocycles. The molecule has 1 fully saturated rings. The van der Waals surface area contributed by atoms with Crippen LogP contribution in [0.25, 0.3) is 0 Å². The third-order valence-corrected chi connectivity index (χ3v) is 4.78. The minimum absolute atomic E-state index is 0.0830. The molecule has 1 rings (SSSR count). The van der Waals surface area contributed by atoms with Gasteiger partial charge in [-0.3, -0.25) is 0 Å². The van der Waals surface area contributed by atoms with E-state index in [1.54, 1.807) is 0 Å². The minimum Gasteiger partial charge on any atom is -0.324 e. The molecule has 0 spiro atoms. The molecule has 2 unspecified atom stereocenters. The maximum atomic E-state index is 6.64. The van der Waals surface area contributed by atoms with Gasteiger partial charge >= 0.3 is 0 Å². The molecule has 0 aromatic rings. The Balaban J connectivity index is 2.50. The van der Waals surface area contributed by atoms with Crippen LogP contribution in [0.5, 0.6) is 0 Å². The molecule has 0 radical (unpaired) electrons. The summed E-state index contributed by atoms with van der Waals surface area (Å²) >= 11 is 0. The maximum absolute atomic E-state index is 6.64. The third-order valence-electron chi connectivity index (χ3n) is 4.78. The highest BCUT2D eigenvalue weighted by Gasteiger charge is 2.32. The van der Waals surface area contributed by atoms with E-state index in [0.717, 1.165) is 24.9 Å². The number of rotatable bonds is 7. The van der Waals surface area contributed by atoms with Crippen molar-refractivity contribution in [3.63, 3.8) is 0 Å². The van der Waals surface area contributed by atoms with Gasteiger partial charge in [0.1, 0.15) is 0 Å². The van der Waals surface area contributed by atoms with Crippen molar-refractivity contribution in [1.82, 2.24) is 4.90 Å². The Labute approximate surface area is 114 Å². The molecule has 0 aromatic carbocycles. The van der Waals surface area contributed by atoms with E-state index in [2.05, 4.69) is 32.6 Å². The molecule has 18 heavy (non-hydrogen) atoms. The number of nitrogens with two attached hydrogens (primary N) is 1. The van der Waals surface area contributed by atoms with Crippen molar-refractivity contribution in [2.24, 2.45) is 17.6 Å². The summed E-state index contributed by atoms with van der Waals surface area (Å²) in [6.07, 6.45) is 7.71. The van der Waals surface area contributed by atoms with Gasteiger partial charge in [0.15, 0.2) is 0 Å². The Morgan fingerprint density at radius 1 is 1.28 bits per heavy atom. The smallest absolute Gasteiger partial charge is 0.0285 e. The Morgan fingerprint density at radius 2 is 1.94 bits per heavy atom. The van der Waals surface area contributed by atoms with Gasteiger partial charge in [-0.15, -0.1) is 0 Å². The summed E-state index contributed by atoms with van der Waals surface area (Å²) in [5.41, 5.74) is 6.73. The third kappa shape index (κ3) is 4.89. The van der Waals surface area contributed by atoms with Gasteiger partial charge in [0.05, 0.1) is 0 Å². The molecule has 2 heteroatoms. The summed E-state index contributed by atoms with van der Waals surface area (Å²) in [7, 11) is 0. The lowest BCUT2D eigenvalue weighted by atomic mass is 9.76. The van der Waals surface area contributed by atoms with E-state index in [9.17, 15) is 0 Å². The first kappa shape index (κ1) is 16.0. The minimum atomic E-state index is 0.0830. The van der Waals surface area contributed by atoms with Crippen LogP contribution in [0, 0.1) is 11.8 Å². The fraction of sp³-hybridized carbons (Fsp3) is 1.00. The van der Waals surface area contributed by atoms with Crippen molar-refractivity contribution < 1.29 is 0 Å². The van der Waals surface area contributed by atoms with Crippen LogP contribution in [0.15, 0.2) is 0 Å². The zero-order valence-corrected chi connectivity index (χ0v) is 13.0. The van der Waals surface area contributed by atoms with Crippen LogP contribution in [0.3, 0.4) is 0 Å². The average molecular weight is 254 g/mol. The lowest BCUT2D eigenvalue weighted by molar-refractivity contribution is 0.138. The number of hydrogen-bond acceptors (Lipinski definition) is 2. The molecule has 2 nitrogen and oxygen atoms in total. The quantitative estimate of drug-likeness (QED) is 0.751. The first-order chi connectivity index (χ1) is 8.53. The van der Waals surface area contributed by atoms with E-state index in [-0.39, 0.29) is 5.54 Å². The summed E-state index contributed by atoms with van der Waals surface area (Å²) < 4.78 is 0. The van der Waals surface area contributed by atoms with Crippen molar-refractivity contribution in [2.45, 2.75) is 71.8 Å². The second-order valence-corrected chi connectivity index (χ2v) is 6.57. The maximum Gasteiger partial charge on any atom is 0.0285 e. The normalized spacial score (nSPS) is 29.2. The Bertz CT molecular complexity index is 225. The molecule has 0 saturated heterocycles. The van der Waals surface area contributed by atoms with Crippen molar-refractivity contribution in [3.05, 3.63) is 0 Å². The molecule has 2 N–H and O–H groups in total. The Morgan fingerprint density at radius 3 is 2.44 bits per heavy atom. The van der Waals surface area contributed by atoms with E-state index in [1.165, 1.54) is 45.1 Å². The van der Waals surface area contributed by atoms with Crippen LogP contribution < -0.4 is 5.73 Å². The summed E-state index contributed by atoms with van der Waals surface area (Å²) in [4.78, 5) is 2.59. The predicted octanol–water partition coefficient (Wildman–Crippen LogP) is 3.65. The topological polar surface area (TPSA) is 29.3 Å². The van der Waals surface area contributed by atoms with Crippen LogP contribution >= 0.6 is 0 Å². The summed E-state index contributed by atoms with van der Waals surface area (Å²) in [6, 6.07) is 0. The van der Waals surface area contributed by atoms with Crippen LogP contribution in [-0.2, 0) is 0 Å². The van der Waals surface area contributed by atoms with Crippen LogP contribution in [-0.4, -0.2) is 30.1 Å². The number of hydrogen-bond donors (Lipinski definition) is 1. The van der Waals surface area contributed by atoms with Crippen molar-refractivity contribution in [1.29, 1.82) is 0 Å². The fourth-order valence-electron chi connectivity index (χ4n) is 3.51. The first-order valence-electron chi connectivity index (χ1n) is 8.04. The molecule has 0 aromatic heterocycles. The van der Waals surface area contributed by atoms with Crippen LogP contribution in [0.2, 0.25) is 0 Å². The molecule has 0 heterocycles.